The van der Waals surface area contributed by atoms with Crippen LogP contribution in [0.4, 0.5) is 5.82 Å². The van der Waals surface area contributed by atoms with Crippen LogP contribution in [0.25, 0.3) is 5.69 Å². The number of carbonyl (C=O) groups excluding carboxylic acids is 2. The molecule has 1 amide bonds. The number of nitrogens with zero attached hydrogens (tertiary/aromatic N) is 3. The highest BCUT2D eigenvalue weighted by Gasteiger charge is 2.34. The second-order valence-electron chi connectivity index (χ2n) is 9.12. The molecule has 178 valence electrons. The minimum Gasteiger partial charge on any atom is -0.486 e. The number of hydrogen-bond acceptors (Lipinski definition) is 6. The topological polar surface area (TPSA) is 82.9 Å². The molecule has 2 aromatic rings. The molecule has 0 spiro atoms. The summed E-state index contributed by atoms with van der Waals surface area (Å²) < 4.78 is 18.2. The number of hydrogen-bond donors (Lipinski definition) is 0. The number of anilines is 1. The van der Waals surface area contributed by atoms with Crippen LogP contribution >= 0.6 is 0 Å². The summed E-state index contributed by atoms with van der Waals surface area (Å²) in [7, 11) is 0. The fraction of sp³-hybridized carbons (Fsp3) is 0.560. The number of ether oxygens (including phenoxy) is 3. The minimum atomic E-state index is -0.494. The monoisotopic (exact) mass is 455 g/mol. The van der Waals surface area contributed by atoms with Crippen molar-refractivity contribution in [2.75, 3.05) is 24.7 Å². The molecule has 0 unspecified atom stereocenters. The van der Waals surface area contributed by atoms with Crippen molar-refractivity contribution in [1.29, 1.82) is 0 Å². The van der Waals surface area contributed by atoms with E-state index in [9.17, 15) is 9.59 Å². The van der Waals surface area contributed by atoms with Crippen LogP contribution in [-0.2, 0) is 9.53 Å². The third-order valence-electron chi connectivity index (χ3n) is 6.33. The molecule has 4 rings (SSSR count). The van der Waals surface area contributed by atoms with Crippen molar-refractivity contribution < 1.29 is 23.8 Å². The van der Waals surface area contributed by atoms with Crippen LogP contribution in [0.2, 0.25) is 0 Å². The van der Waals surface area contributed by atoms with Gasteiger partial charge in [-0.3, -0.25) is 9.69 Å². The molecule has 0 N–H and O–H groups in total. The second kappa shape index (κ2) is 9.85. The first-order chi connectivity index (χ1) is 15.9. The second-order valence-corrected chi connectivity index (χ2v) is 9.12. The molecule has 8 nitrogen and oxygen atoms in total. The Balaban J connectivity index is 1.72. The molecule has 0 radical (unpaired) electrons. The van der Waals surface area contributed by atoms with E-state index in [1.165, 1.54) is 0 Å². The van der Waals surface area contributed by atoms with Crippen molar-refractivity contribution >= 4 is 17.7 Å². The Morgan fingerprint density at radius 2 is 1.85 bits per heavy atom. The Morgan fingerprint density at radius 3 is 2.52 bits per heavy atom. The van der Waals surface area contributed by atoms with Gasteiger partial charge in [-0.2, -0.15) is 0 Å². The molecule has 1 aromatic heterocycles. The van der Waals surface area contributed by atoms with Gasteiger partial charge in [-0.15, -0.1) is 5.10 Å². The molecule has 1 aromatic carbocycles. The van der Waals surface area contributed by atoms with Gasteiger partial charge < -0.3 is 14.2 Å². The molecule has 0 saturated heterocycles. The number of esters is 1. The molecule has 0 atom stereocenters. The van der Waals surface area contributed by atoms with Crippen LogP contribution in [0, 0.1) is 11.8 Å². The van der Waals surface area contributed by atoms with E-state index in [1.54, 1.807) is 22.7 Å². The lowest BCUT2D eigenvalue weighted by Gasteiger charge is -2.32. The normalized spacial score (nSPS) is 19.9. The highest BCUT2D eigenvalue weighted by molar-refractivity contribution is 6.02. The lowest BCUT2D eigenvalue weighted by atomic mass is 9.82. The Morgan fingerprint density at radius 1 is 1.15 bits per heavy atom. The fourth-order valence-corrected chi connectivity index (χ4v) is 4.51. The summed E-state index contributed by atoms with van der Waals surface area (Å²) in [6, 6.07) is 5.34. The SMILES string of the molecule is CCOC(=O)c1cn(-c2ccc3c(c2)OCCO3)nc1N(C(=O)C1CCC(C)CC1)C(C)C. The van der Waals surface area contributed by atoms with Gasteiger partial charge in [-0.1, -0.05) is 6.92 Å². The lowest BCUT2D eigenvalue weighted by molar-refractivity contribution is -0.124. The maximum Gasteiger partial charge on any atom is 0.343 e. The third kappa shape index (κ3) is 4.84. The Labute approximate surface area is 194 Å². The smallest absolute Gasteiger partial charge is 0.343 e. The van der Waals surface area contributed by atoms with Crippen LogP contribution in [0.3, 0.4) is 0 Å². The van der Waals surface area contributed by atoms with E-state index in [0.29, 0.717) is 42.1 Å². The Kier molecular flexibility index (Phi) is 6.91. The molecule has 8 heteroatoms. The zero-order chi connectivity index (χ0) is 23.5. The molecule has 1 fully saturated rings. The lowest BCUT2D eigenvalue weighted by Crippen LogP contribution is -2.43. The largest absolute Gasteiger partial charge is 0.486 e. The molecule has 1 saturated carbocycles. The van der Waals surface area contributed by atoms with Crippen LogP contribution < -0.4 is 14.4 Å². The maximum atomic E-state index is 13.6. The predicted octanol–water partition coefficient (Wildman–Crippen LogP) is 4.39. The summed E-state index contributed by atoms with van der Waals surface area (Å²) in [6.07, 6.45) is 5.43. The summed E-state index contributed by atoms with van der Waals surface area (Å²) in [5, 5.41) is 4.71. The van der Waals surface area contributed by atoms with Crippen LogP contribution in [0.15, 0.2) is 24.4 Å². The molecule has 1 aliphatic carbocycles. The van der Waals surface area contributed by atoms with Gasteiger partial charge in [-0.05, 0) is 64.5 Å². The van der Waals surface area contributed by atoms with E-state index in [-0.39, 0.29) is 30.0 Å². The summed E-state index contributed by atoms with van der Waals surface area (Å²) >= 11 is 0. The molecule has 1 aliphatic heterocycles. The van der Waals surface area contributed by atoms with Gasteiger partial charge in [-0.25, -0.2) is 9.48 Å². The van der Waals surface area contributed by atoms with Gasteiger partial charge in [0, 0.05) is 24.2 Å². The van der Waals surface area contributed by atoms with Gasteiger partial charge in [0.05, 0.1) is 12.3 Å². The van der Waals surface area contributed by atoms with Gasteiger partial charge in [0.15, 0.2) is 17.3 Å². The summed E-state index contributed by atoms with van der Waals surface area (Å²) in [5.74, 6) is 1.75. The molecule has 0 bridgehead atoms. The van der Waals surface area contributed by atoms with E-state index in [0.717, 1.165) is 25.7 Å². The number of aromatic nitrogens is 2. The average molecular weight is 456 g/mol. The average Bonchev–Trinajstić information content (AvgIpc) is 3.24. The predicted molar refractivity (Wildman–Crippen MR) is 124 cm³/mol. The van der Waals surface area contributed by atoms with Gasteiger partial charge in [0.1, 0.15) is 18.8 Å². The van der Waals surface area contributed by atoms with Crippen molar-refractivity contribution in [1.82, 2.24) is 9.78 Å². The maximum absolute atomic E-state index is 13.6. The number of fused-ring (bicyclic) bond motifs is 1. The van der Waals surface area contributed by atoms with E-state index in [4.69, 9.17) is 19.3 Å². The van der Waals surface area contributed by atoms with E-state index < -0.39 is 5.97 Å². The highest BCUT2D eigenvalue weighted by Crippen LogP contribution is 2.35. The van der Waals surface area contributed by atoms with E-state index >= 15 is 0 Å². The summed E-state index contributed by atoms with van der Waals surface area (Å²) in [6.45, 7) is 9.11. The van der Waals surface area contributed by atoms with Crippen LogP contribution in [0.5, 0.6) is 11.5 Å². The van der Waals surface area contributed by atoms with Crippen molar-refractivity contribution in [2.45, 2.75) is 59.4 Å². The first-order valence-electron chi connectivity index (χ1n) is 11.9. The van der Waals surface area contributed by atoms with Gasteiger partial charge >= 0.3 is 5.97 Å². The fourth-order valence-electron chi connectivity index (χ4n) is 4.51. The number of benzene rings is 1. The third-order valence-corrected chi connectivity index (χ3v) is 6.33. The molecular formula is C25H33N3O5. The van der Waals surface area contributed by atoms with Crippen LogP contribution in [0.1, 0.15) is 63.7 Å². The quantitative estimate of drug-likeness (QED) is 0.601. The van der Waals surface area contributed by atoms with Crippen molar-refractivity contribution in [3.05, 3.63) is 30.0 Å². The molecule has 2 heterocycles. The van der Waals surface area contributed by atoms with Crippen molar-refractivity contribution in [3.63, 3.8) is 0 Å². The summed E-state index contributed by atoms with van der Waals surface area (Å²) in [4.78, 5) is 28.1. The standard InChI is InChI=1S/C25H33N3O5/c1-5-31-25(30)20-15-27(19-10-11-21-22(14-19)33-13-12-32-21)26-23(20)28(16(2)3)24(29)18-8-6-17(4)7-9-18/h10-11,14-18H,5-9,12-13H2,1-4H3. The van der Waals surface area contributed by atoms with E-state index in [2.05, 4.69) is 6.92 Å². The number of amides is 1. The van der Waals surface area contributed by atoms with E-state index in [1.807, 2.05) is 32.0 Å². The first kappa shape index (κ1) is 23.1. The van der Waals surface area contributed by atoms with Crippen molar-refractivity contribution in [3.8, 4) is 17.2 Å². The van der Waals surface area contributed by atoms with Crippen molar-refractivity contribution in [2.24, 2.45) is 11.8 Å². The minimum absolute atomic E-state index is 0.0230. The van der Waals surface area contributed by atoms with Gasteiger partial charge in [0.25, 0.3) is 0 Å². The molecule has 33 heavy (non-hydrogen) atoms. The molecule has 2 aliphatic rings. The van der Waals surface area contributed by atoms with Crippen LogP contribution in [-0.4, -0.2) is 47.5 Å². The first-order valence-corrected chi connectivity index (χ1v) is 11.9. The zero-order valence-corrected chi connectivity index (χ0v) is 19.9. The number of carbonyl (C=O) groups is 2. The Bertz CT molecular complexity index is 1010. The van der Waals surface area contributed by atoms with Gasteiger partial charge in [0.2, 0.25) is 5.91 Å². The Hall–Kier alpha value is -3.03. The zero-order valence-electron chi connectivity index (χ0n) is 19.9. The highest BCUT2D eigenvalue weighted by atomic mass is 16.6. The summed E-state index contributed by atoms with van der Waals surface area (Å²) in [5.41, 5.74) is 0.983. The number of rotatable bonds is 6. The molecular weight excluding hydrogens is 422 g/mol.